The first-order chi connectivity index (χ1) is 10.8. The molecule has 0 saturated carbocycles. The highest BCUT2D eigenvalue weighted by Gasteiger charge is 2.21. The van der Waals surface area contributed by atoms with Crippen molar-refractivity contribution in [3.63, 3.8) is 0 Å². The third kappa shape index (κ3) is 3.43. The van der Waals surface area contributed by atoms with Crippen LogP contribution >= 0.6 is 0 Å². The third-order valence-electron chi connectivity index (χ3n) is 3.78. The number of hydrogen-bond donors (Lipinski definition) is 2. The van der Waals surface area contributed by atoms with E-state index in [1.165, 1.54) is 18.2 Å². The Morgan fingerprint density at radius 1 is 1.30 bits per heavy atom. The van der Waals surface area contributed by atoms with Crippen molar-refractivity contribution in [3.8, 4) is 11.5 Å². The monoisotopic (exact) mass is 335 g/mol. The molecule has 1 aliphatic heterocycles. The van der Waals surface area contributed by atoms with Crippen molar-refractivity contribution >= 4 is 9.84 Å². The van der Waals surface area contributed by atoms with Crippen LogP contribution in [0.2, 0.25) is 0 Å². The van der Waals surface area contributed by atoms with Crippen LogP contribution in [-0.4, -0.2) is 46.3 Å². The number of aromatic nitrogens is 2. The van der Waals surface area contributed by atoms with Gasteiger partial charge in [0.2, 0.25) is 15.0 Å². The summed E-state index contributed by atoms with van der Waals surface area (Å²) in [7, 11) is -3.41. The molecule has 0 atom stereocenters. The van der Waals surface area contributed by atoms with E-state index in [-0.39, 0.29) is 16.7 Å². The van der Waals surface area contributed by atoms with Gasteiger partial charge in [-0.3, -0.25) is 4.90 Å². The maximum Gasteiger partial charge on any atom is 0.246 e. The van der Waals surface area contributed by atoms with Gasteiger partial charge in [-0.15, -0.1) is 0 Å². The summed E-state index contributed by atoms with van der Waals surface area (Å²) in [6.07, 6.45) is 3.25. The van der Waals surface area contributed by atoms with Crippen molar-refractivity contribution in [2.24, 2.45) is 0 Å². The maximum absolute atomic E-state index is 11.5. The number of phenols is 2. The van der Waals surface area contributed by atoms with Gasteiger partial charge in [0.05, 0.1) is 5.69 Å². The molecule has 0 bridgehead atoms. The molecule has 0 fully saturated rings. The molecule has 0 amide bonds. The molecule has 8 heteroatoms. The van der Waals surface area contributed by atoms with Crippen LogP contribution in [-0.2, 0) is 29.3 Å². The third-order valence-corrected chi connectivity index (χ3v) is 4.64. The molecule has 0 spiro atoms. The number of rotatable bonds is 3. The second-order valence-electron chi connectivity index (χ2n) is 5.67. The number of benzene rings is 1. The Bertz CT molecular complexity index is 852. The van der Waals surface area contributed by atoms with Gasteiger partial charge in [-0.2, -0.15) is 0 Å². The topological polar surface area (TPSA) is 104 Å². The van der Waals surface area contributed by atoms with Gasteiger partial charge in [-0.05, 0) is 18.2 Å². The molecule has 2 heterocycles. The van der Waals surface area contributed by atoms with Crippen molar-refractivity contribution in [1.82, 2.24) is 14.9 Å². The van der Waals surface area contributed by atoms with E-state index >= 15 is 0 Å². The highest BCUT2D eigenvalue weighted by molar-refractivity contribution is 7.90. The van der Waals surface area contributed by atoms with E-state index in [1.54, 1.807) is 6.20 Å². The fraction of sp³-hybridized carbons (Fsp3) is 0.333. The molecule has 0 saturated heterocycles. The van der Waals surface area contributed by atoms with Gasteiger partial charge < -0.3 is 10.2 Å². The molecule has 0 unspecified atom stereocenters. The molecule has 23 heavy (non-hydrogen) atoms. The minimum atomic E-state index is -3.41. The molecule has 1 aliphatic rings. The van der Waals surface area contributed by atoms with Crippen LogP contribution in [0, 0.1) is 0 Å². The first-order valence-corrected chi connectivity index (χ1v) is 9.00. The summed E-state index contributed by atoms with van der Waals surface area (Å²) in [5.41, 5.74) is 2.27. The van der Waals surface area contributed by atoms with Crippen LogP contribution in [0.1, 0.15) is 16.8 Å². The minimum absolute atomic E-state index is 0.108. The predicted octanol–water partition coefficient (Wildman–Crippen LogP) is 0.850. The molecule has 0 aliphatic carbocycles. The Kier molecular flexibility index (Phi) is 3.95. The maximum atomic E-state index is 11.5. The van der Waals surface area contributed by atoms with Gasteiger partial charge in [0.15, 0.2) is 0 Å². The quantitative estimate of drug-likeness (QED) is 0.633. The zero-order valence-electron chi connectivity index (χ0n) is 12.6. The number of sulfone groups is 1. The summed E-state index contributed by atoms with van der Waals surface area (Å²) in [6, 6.07) is 4.43. The van der Waals surface area contributed by atoms with Crippen molar-refractivity contribution < 1.29 is 18.6 Å². The molecule has 122 valence electrons. The standard InChI is InChI=1S/C15H17N3O4S/c1-23(21,22)15-16-7-11-9-18(5-4-13(11)17-15)8-10-6-12(19)2-3-14(10)20/h2-3,6-7,19-20H,4-5,8-9H2,1H3. The first kappa shape index (κ1) is 15.7. The van der Waals surface area contributed by atoms with Crippen molar-refractivity contribution in [1.29, 1.82) is 0 Å². The van der Waals surface area contributed by atoms with Gasteiger partial charge in [-0.25, -0.2) is 18.4 Å². The Hall–Kier alpha value is -2.19. The van der Waals surface area contributed by atoms with E-state index < -0.39 is 9.84 Å². The summed E-state index contributed by atoms with van der Waals surface area (Å²) >= 11 is 0. The van der Waals surface area contributed by atoms with E-state index in [4.69, 9.17) is 0 Å². The lowest BCUT2D eigenvalue weighted by atomic mass is 10.1. The second-order valence-corrected chi connectivity index (χ2v) is 7.58. The van der Waals surface area contributed by atoms with Crippen LogP contribution in [0.15, 0.2) is 29.6 Å². The van der Waals surface area contributed by atoms with Crippen molar-refractivity contribution in [2.45, 2.75) is 24.7 Å². The van der Waals surface area contributed by atoms with E-state index in [2.05, 4.69) is 14.9 Å². The number of phenolic OH excluding ortho intramolecular Hbond substituents is 2. The molecule has 2 aromatic rings. The summed E-state index contributed by atoms with van der Waals surface area (Å²) in [6.45, 7) is 1.73. The first-order valence-electron chi connectivity index (χ1n) is 7.11. The van der Waals surface area contributed by atoms with E-state index in [9.17, 15) is 18.6 Å². The largest absolute Gasteiger partial charge is 0.508 e. The second kappa shape index (κ2) is 5.78. The van der Waals surface area contributed by atoms with Gasteiger partial charge in [0, 0.05) is 49.6 Å². The lowest BCUT2D eigenvalue weighted by molar-refractivity contribution is 0.238. The molecule has 3 rings (SSSR count). The van der Waals surface area contributed by atoms with Gasteiger partial charge in [0.1, 0.15) is 11.5 Å². The Labute approximate surface area is 134 Å². The average molecular weight is 335 g/mol. The fourth-order valence-electron chi connectivity index (χ4n) is 2.61. The molecular weight excluding hydrogens is 318 g/mol. The number of fused-ring (bicyclic) bond motifs is 1. The summed E-state index contributed by atoms with van der Waals surface area (Å²) in [5.74, 6) is 0.244. The lowest BCUT2D eigenvalue weighted by Gasteiger charge is -2.28. The van der Waals surface area contributed by atoms with Crippen LogP contribution in [0.3, 0.4) is 0 Å². The Balaban J connectivity index is 1.79. The van der Waals surface area contributed by atoms with Gasteiger partial charge in [0.25, 0.3) is 0 Å². The van der Waals surface area contributed by atoms with E-state index in [0.29, 0.717) is 31.6 Å². The van der Waals surface area contributed by atoms with Crippen LogP contribution < -0.4 is 0 Å². The molecule has 2 N–H and O–H groups in total. The molecule has 7 nitrogen and oxygen atoms in total. The zero-order chi connectivity index (χ0) is 16.6. The fourth-order valence-corrected chi connectivity index (χ4v) is 3.13. The number of aromatic hydroxyl groups is 2. The summed E-state index contributed by atoms with van der Waals surface area (Å²) in [5, 5.41) is 19.2. The van der Waals surface area contributed by atoms with Crippen molar-refractivity contribution in [3.05, 3.63) is 41.2 Å². The van der Waals surface area contributed by atoms with Crippen molar-refractivity contribution in [2.75, 3.05) is 12.8 Å². The van der Waals surface area contributed by atoms with Crippen LogP contribution in [0.5, 0.6) is 11.5 Å². The molecule has 1 aromatic carbocycles. The minimum Gasteiger partial charge on any atom is -0.508 e. The molecule has 0 radical (unpaired) electrons. The number of hydrogen-bond acceptors (Lipinski definition) is 7. The van der Waals surface area contributed by atoms with Gasteiger partial charge in [-0.1, -0.05) is 0 Å². The van der Waals surface area contributed by atoms with Crippen LogP contribution in [0.4, 0.5) is 0 Å². The van der Waals surface area contributed by atoms with E-state index in [0.717, 1.165) is 17.5 Å². The smallest absolute Gasteiger partial charge is 0.246 e. The zero-order valence-corrected chi connectivity index (χ0v) is 13.4. The lowest BCUT2D eigenvalue weighted by Crippen LogP contribution is -2.31. The predicted molar refractivity (Wildman–Crippen MR) is 82.7 cm³/mol. The molecular formula is C15H17N3O4S. The normalized spacial score (nSPS) is 15.3. The van der Waals surface area contributed by atoms with Gasteiger partial charge >= 0.3 is 0 Å². The summed E-state index contributed by atoms with van der Waals surface area (Å²) in [4.78, 5) is 10.1. The molecule has 1 aromatic heterocycles. The summed E-state index contributed by atoms with van der Waals surface area (Å²) < 4.78 is 23.0. The average Bonchev–Trinajstić information content (AvgIpc) is 2.49. The van der Waals surface area contributed by atoms with Crippen LogP contribution in [0.25, 0.3) is 0 Å². The van der Waals surface area contributed by atoms with E-state index in [1.807, 2.05) is 0 Å². The Morgan fingerprint density at radius 3 is 2.83 bits per heavy atom. The highest BCUT2D eigenvalue weighted by Crippen LogP contribution is 2.26. The Morgan fingerprint density at radius 2 is 2.09 bits per heavy atom. The number of nitrogens with zero attached hydrogens (tertiary/aromatic N) is 3. The SMILES string of the molecule is CS(=O)(=O)c1ncc2c(n1)CCN(Cc1cc(O)ccc1O)C2. The highest BCUT2D eigenvalue weighted by atomic mass is 32.2.